The van der Waals surface area contributed by atoms with Gasteiger partial charge in [0.25, 0.3) is 0 Å². The van der Waals surface area contributed by atoms with Gasteiger partial charge < -0.3 is 15.0 Å². The van der Waals surface area contributed by atoms with Crippen molar-refractivity contribution in [2.45, 2.75) is 26.3 Å². The van der Waals surface area contributed by atoms with Crippen LogP contribution < -0.4 is 10.2 Å². The van der Waals surface area contributed by atoms with Crippen molar-refractivity contribution >= 4 is 11.8 Å². The van der Waals surface area contributed by atoms with Gasteiger partial charge in [0, 0.05) is 30.3 Å². The number of aromatic nitrogens is 2. The van der Waals surface area contributed by atoms with E-state index >= 15 is 0 Å². The van der Waals surface area contributed by atoms with Crippen LogP contribution >= 0.6 is 0 Å². The molecule has 0 radical (unpaired) electrons. The summed E-state index contributed by atoms with van der Waals surface area (Å²) in [6.07, 6.45) is 0. The van der Waals surface area contributed by atoms with Crippen LogP contribution in [-0.4, -0.2) is 41.8 Å². The first-order valence-corrected chi connectivity index (χ1v) is 8.07. The number of rotatable bonds is 3. The van der Waals surface area contributed by atoms with Crippen molar-refractivity contribution in [3.63, 3.8) is 0 Å². The number of hydrogen-bond acceptors (Lipinski definition) is 5. The summed E-state index contributed by atoms with van der Waals surface area (Å²) in [5.41, 5.74) is 1.99. The van der Waals surface area contributed by atoms with E-state index in [0.717, 1.165) is 49.3 Å². The molecule has 0 spiro atoms. The molecule has 1 fully saturated rings. The number of benzene rings is 1. The molecule has 5 heteroatoms. The Labute approximate surface area is 137 Å². The molecule has 23 heavy (non-hydrogen) atoms. The van der Waals surface area contributed by atoms with Crippen LogP contribution in [0.15, 0.2) is 36.4 Å². The Morgan fingerprint density at radius 1 is 1.04 bits per heavy atom. The number of morpholine rings is 1. The van der Waals surface area contributed by atoms with Crippen molar-refractivity contribution in [2.75, 3.05) is 36.5 Å². The maximum Gasteiger partial charge on any atom is 0.228 e. The van der Waals surface area contributed by atoms with Gasteiger partial charge in [-0.15, -0.1) is 0 Å². The summed E-state index contributed by atoms with van der Waals surface area (Å²) in [6, 6.07) is 12.2. The Hall–Kier alpha value is -2.14. The summed E-state index contributed by atoms with van der Waals surface area (Å²) in [4.78, 5) is 11.7. The van der Waals surface area contributed by atoms with Gasteiger partial charge in [-0.1, -0.05) is 30.3 Å². The molecule has 1 aliphatic rings. The lowest BCUT2D eigenvalue weighted by molar-refractivity contribution is 0.122. The highest BCUT2D eigenvalue weighted by molar-refractivity contribution is 5.64. The molecule has 0 saturated carbocycles. The van der Waals surface area contributed by atoms with E-state index in [1.807, 2.05) is 24.3 Å². The number of ether oxygens (including phenoxy) is 1. The maximum absolute atomic E-state index is 5.43. The van der Waals surface area contributed by atoms with Crippen molar-refractivity contribution in [3.05, 3.63) is 36.4 Å². The lowest BCUT2D eigenvalue weighted by Gasteiger charge is -2.28. The zero-order valence-electron chi connectivity index (χ0n) is 14.0. The molecule has 1 aromatic heterocycles. The Morgan fingerprint density at radius 2 is 1.74 bits per heavy atom. The standard InChI is InChI=1S/C18H24N4O/c1-18(2,3)21-16-13-15(14-7-5-4-6-8-14)19-17(20-16)22-9-11-23-12-10-22/h4-8,13H,9-12H2,1-3H3,(H,19,20,21). The van der Waals surface area contributed by atoms with Crippen LogP contribution in [0.25, 0.3) is 11.3 Å². The Balaban J connectivity index is 1.99. The third-order valence-electron chi connectivity index (χ3n) is 3.58. The minimum absolute atomic E-state index is 0.0510. The normalized spacial score (nSPS) is 15.5. The van der Waals surface area contributed by atoms with Crippen molar-refractivity contribution in [1.29, 1.82) is 0 Å². The lowest BCUT2D eigenvalue weighted by atomic mass is 10.1. The maximum atomic E-state index is 5.43. The van der Waals surface area contributed by atoms with E-state index in [0.29, 0.717) is 0 Å². The molecule has 2 heterocycles. The monoisotopic (exact) mass is 312 g/mol. The third kappa shape index (κ3) is 4.20. The summed E-state index contributed by atoms with van der Waals surface area (Å²) in [6.45, 7) is 9.49. The molecule has 0 aliphatic carbocycles. The van der Waals surface area contributed by atoms with Crippen LogP contribution in [0.3, 0.4) is 0 Å². The predicted octanol–water partition coefficient (Wildman–Crippen LogP) is 3.19. The molecule has 1 aliphatic heterocycles. The van der Waals surface area contributed by atoms with Gasteiger partial charge in [-0.3, -0.25) is 0 Å². The number of hydrogen-bond donors (Lipinski definition) is 1. The molecule has 3 rings (SSSR count). The van der Waals surface area contributed by atoms with Crippen LogP contribution in [0.5, 0.6) is 0 Å². The van der Waals surface area contributed by atoms with Crippen molar-refractivity contribution in [3.8, 4) is 11.3 Å². The number of nitrogens with zero attached hydrogens (tertiary/aromatic N) is 3. The van der Waals surface area contributed by atoms with Crippen LogP contribution in [0.4, 0.5) is 11.8 Å². The van der Waals surface area contributed by atoms with E-state index in [9.17, 15) is 0 Å². The lowest BCUT2D eigenvalue weighted by Crippen LogP contribution is -2.37. The van der Waals surface area contributed by atoms with Crippen LogP contribution in [0.2, 0.25) is 0 Å². The van der Waals surface area contributed by atoms with E-state index in [2.05, 4.69) is 43.1 Å². The SMILES string of the molecule is CC(C)(C)Nc1cc(-c2ccccc2)nc(N2CCOCC2)n1. The van der Waals surface area contributed by atoms with Gasteiger partial charge in [0.05, 0.1) is 18.9 Å². The van der Waals surface area contributed by atoms with Gasteiger partial charge in [0.15, 0.2) is 0 Å². The highest BCUT2D eigenvalue weighted by Gasteiger charge is 2.18. The first kappa shape index (κ1) is 15.7. The van der Waals surface area contributed by atoms with Gasteiger partial charge >= 0.3 is 0 Å². The predicted molar refractivity (Wildman–Crippen MR) is 93.9 cm³/mol. The second-order valence-electron chi connectivity index (χ2n) is 6.78. The molecular weight excluding hydrogens is 288 g/mol. The first-order chi connectivity index (χ1) is 11.0. The largest absolute Gasteiger partial charge is 0.378 e. The fourth-order valence-electron chi connectivity index (χ4n) is 2.54. The summed E-state index contributed by atoms with van der Waals surface area (Å²) in [5, 5.41) is 3.46. The Morgan fingerprint density at radius 3 is 2.39 bits per heavy atom. The highest BCUT2D eigenvalue weighted by Crippen LogP contribution is 2.24. The molecular formula is C18H24N4O. The first-order valence-electron chi connectivity index (χ1n) is 8.07. The average Bonchev–Trinajstić information content (AvgIpc) is 2.55. The molecule has 2 aromatic rings. The molecule has 5 nitrogen and oxygen atoms in total. The van der Waals surface area contributed by atoms with Gasteiger partial charge in [0.2, 0.25) is 5.95 Å². The van der Waals surface area contributed by atoms with E-state index in [-0.39, 0.29) is 5.54 Å². The van der Waals surface area contributed by atoms with Gasteiger partial charge in [0.1, 0.15) is 5.82 Å². The number of anilines is 2. The van der Waals surface area contributed by atoms with E-state index < -0.39 is 0 Å². The smallest absolute Gasteiger partial charge is 0.228 e. The van der Waals surface area contributed by atoms with Gasteiger partial charge in [-0.2, -0.15) is 4.98 Å². The third-order valence-corrected chi connectivity index (χ3v) is 3.58. The Bertz CT molecular complexity index is 646. The number of nitrogens with one attached hydrogen (secondary N) is 1. The fourth-order valence-corrected chi connectivity index (χ4v) is 2.54. The fraction of sp³-hybridized carbons (Fsp3) is 0.444. The molecule has 1 aromatic carbocycles. The highest BCUT2D eigenvalue weighted by atomic mass is 16.5. The molecule has 0 unspecified atom stereocenters. The second-order valence-corrected chi connectivity index (χ2v) is 6.78. The van der Waals surface area contributed by atoms with Crippen molar-refractivity contribution in [1.82, 2.24) is 9.97 Å². The molecule has 0 amide bonds. The van der Waals surface area contributed by atoms with Crippen molar-refractivity contribution < 1.29 is 4.74 Å². The molecule has 0 atom stereocenters. The van der Waals surface area contributed by atoms with Gasteiger partial charge in [-0.05, 0) is 20.8 Å². The van der Waals surface area contributed by atoms with Crippen molar-refractivity contribution in [2.24, 2.45) is 0 Å². The van der Waals surface area contributed by atoms with Crippen LogP contribution in [0.1, 0.15) is 20.8 Å². The summed E-state index contributed by atoms with van der Waals surface area (Å²) >= 11 is 0. The summed E-state index contributed by atoms with van der Waals surface area (Å²) < 4.78 is 5.43. The zero-order chi connectivity index (χ0) is 16.3. The van der Waals surface area contributed by atoms with E-state index in [1.54, 1.807) is 0 Å². The Kier molecular flexibility index (Phi) is 4.48. The van der Waals surface area contributed by atoms with E-state index in [4.69, 9.17) is 14.7 Å². The van der Waals surface area contributed by atoms with Crippen LogP contribution in [0, 0.1) is 0 Å². The minimum Gasteiger partial charge on any atom is -0.378 e. The topological polar surface area (TPSA) is 50.3 Å². The van der Waals surface area contributed by atoms with Gasteiger partial charge in [-0.25, -0.2) is 4.98 Å². The molecule has 1 saturated heterocycles. The summed E-state index contributed by atoms with van der Waals surface area (Å²) in [5.74, 6) is 1.62. The zero-order valence-corrected chi connectivity index (χ0v) is 14.0. The molecule has 0 bridgehead atoms. The second kappa shape index (κ2) is 6.54. The quantitative estimate of drug-likeness (QED) is 0.943. The molecule has 1 N–H and O–H groups in total. The minimum atomic E-state index is -0.0510. The average molecular weight is 312 g/mol. The van der Waals surface area contributed by atoms with E-state index in [1.165, 1.54) is 0 Å². The summed E-state index contributed by atoms with van der Waals surface area (Å²) in [7, 11) is 0. The van der Waals surface area contributed by atoms with Crippen LogP contribution in [-0.2, 0) is 4.74 Å². The molecule has 122 valence electrons.